The molecule has 0 spiro atoms. The molecule has 1 aliphatic rings. The van der Waals surface area contributed by atoms with Crippen molar-refractivity contribution in [2.75, 3.05) is 25.0 Å². The molecule has 1 heterocycles. The maximum Gasteiger partial charge on any atom is 0.322 e. The van der Waals surface area contributed by atoms with Gasteiger partial charge >= 0.3 is 6.03 Å². The zero-order valence-electron chi connectivity index (χ0n) is 17.4. The molecule has 1 unspecified atom stereocenters. The number of piperazine rings is 1. The second-order valence-corrected chi connectivity index (χ2v) is 8.36. The molecule has 2 aromatic carbocycles. The minimum Gasteiger partial charge on any atom is -0.338 e. The highest BCUT2D eigenvalue weighted by molar-refractivity contribution is 5.90. The Balaban J connectivity index is 1.80. The van der Waals surface area contributed by atoms with Gasteiger partial charge in [-0.15, -0.1) is 0 Å². The SMILES string of the molecule is CC(C)(C)C(=O)N1CCN(C(=O)Nc2ccc([N+](=O)[O-])cc2)C(c2ccccc2)C1. The van der Waals surface area contributed by atoms with Gasteiger partial charge in [-0.25, -0.2) is 4.79 Å². The van der Waals surface area contributed by atoms with E-state index in [9.17, 15) is 19.7 Å². The van der Waals surface area contributed by atoms with E-state index in [1.165, 1.54) is 24.3 Å². The highest BCUT2D eigenvalue weighted by atomic mass is 16.6. The zero-order valence-corrected chi connectivity index (χ0v) is 17.4. The Morgan fingerprint density at radius 3 is 2.23 bits per heavy atom. The fourth-order valence-electron chi connectivity index (χ4n) is 3.51. The fourth-order valence-corrected chi connectivity index (χ4v) is 3.51. The van der Waals surface area contributed by atoms with Crippen LogP contribution in [0.25, 0.3) is 0 Å². The number of nitrogens with zero attached hydrogens (tertiary/aromatic N) is 3. The molecule has 0 saturated carbocycles. The summed E-state index contributed by atoms with van der Waals surface area (Å²) < 4.78 is 0. The van der Waals surface area contributed by atoms with Gasteiger partial charge in [0.15, 0.2) is 0 Å². The Morgan fingerprint density at radius 2 is 1.67 bits per heavy atom. The van der Waals surface area contributed by atoms with Gasteiger partial charge in [-0.05, 0) is 17.7 Å². The molecule has 1 aliphatic heterocycles. The Morgan fingerprint density at radius 1 is 1.03 bits per heavy atom. The second kappa shape index (κ2) is 8.52. The van der Waals surface area contributed by atoms with Crippen LogP contribution in [-0.4, -0.2) is 46.3 Å². The third-order valence-corrected chi connectivity index (χ3v) is 5.08. The monoisotopic (exact) mass is 410 g/mol. The van der Waals surface area contributed by atoms with Gasteiger partial charge in [-0.2, -0.15) is 0 Å². The molecule has 1 atom stereocenters. The van der Waals surface area contributed by atoms with Crippen molar-refractivity contribution in [1.29, 1.82) is 0 Å². The number of rotatable bonds is 3. The van der Waals surface area contributed by atoms with Gasteiger partial charge in [0, 0.05) is 42.9 Å². The average molecular weight is 410 g/mol. The molecule has 2 aromatic rings. The lowest BCUT2D eigenvalue weighted by molar-refractivity contribution is -0.384. The second-order valence-electron chi connectivity index (χ2n) is 8.36. The Kier molecular flexibility index (Phi) is 6.05. The van der Waals surface area contributed by atoms with E-state index in [-0.39, 0.29) is 23.7 Å². The number of carbonyl (C=O) groups excluding carboxylic acids is 2. The van der Waals surface area contributed by atoms with E-state index in [4.69, 9.17) is 0 Å². The van der Waals surface area contributed by atoms with Gasteiger partial charge < -0.3 is 15.1 Å². The number of amides is 3. The van der Waals surface area contributed by atoms with Gasteiger partial charge in [0.05, 0.1) is 11.0 Å². The van der Waals surface area contributed by atoms with Crippen molar-refractivity contribution in [3.05, 3.63) is 70.3 Å². The van der Waals surface area contributed by atoms with Crippen LogP contribution in [0.1, 0.15) is 32.4 Å². The lowest BCUT2D eigenvalue weighted by atomic mass is 9.93. The number of benzene rings is 2. The highest BCUT2D eigenvalue weighted by Gasteiger charge is 2.36. The van der Waals surface area contributed by atoms with E-state index in [0.29, 0.717) is 25.3 Å². The van der Waals surface area contributed by atoms with E-state index in [2.05, 4.69) is 5.32 Å². The summed E-state index contributed by atoms with van der Waals surface area (Å²) in [7, 11) is 0. The predicted molar refractivity (Wildman–Crippen MR) is 114 cm³/mol. The molecule has 0 radical (unpaired) electrons. The van der Waals surface area contributed by atoms with Crippen molar-refractivity contribution in [3.63, 3.8) is 0 Å². The molecule has 0 aliphatic carbocycles. The number of hydrogen-bond donors (Lipinski definition) is 1. The summed E-state index contributed by atoms with van der Waals surface area (Å²) in [6.45, 7) is 6.92. The number of nitrogens with one attached hydrogen (secondary N) is 1. The summed E-state index contributed by atoms with van der Waals surface area (Å²) in [6, 6.07) is 14.7. The molecule has 8 nitrogen and oxygen atoms in total. The molecule has 8 heteroatoms. The number of hydrogen-bond acceptors (Lipinski definition) is 4. The van der Waals surface area contributed by atoms with Crippen LogP contribution in [0.2, 0.25) is 0 Å². The Hall–Kier alpha value is -3.42. The van der Waals surface area contributed by atoms with E-state index >= 15 is 0 Å². The lowest BCUT2D eigenvalue weighted by Gasteiger charge is -2.43. The summed E-state index contributed by atoms with van der Waals surface area (Å²) in [4.78, 5) is 39.7. The largest absolute Gasteiger partial charge is 0.338 e. The van der Waals surface area contributed by atoms with E-state index in [0.717, 1.165) is 5.56 Å². The van der Waals surface area contributed by atoms with Crippen molar-refractivity contribution < 1.29 is 14.5 Å². The number of carbonyl (C=O) groups is 2. The van der Waals surface area contributed by atoms with Gasteiger partial charge in [-0.1, -0.05) is 51.1 Å². The van der Waals surface area contributed by atoms with Crippen molar-refractivity contribution in [2.45, 2.75) is 26.8 Å². The van der Waals surface area contributed by atoms with E-state index in [1.54, 1.807) is 4.90 Å². The molecule has 3 amide bonds. The molecule has 158 valence electrons. The van der Waals surface area contributed by atoms with Crippen LogP contribution < -0.4 is 5.32 Å². The zero-order chi connectivity index (χ0) is 21.9. The van der Waals surface area contributed by atoms with Crippen molar-refractivity contribution in [3.8, 4) is 0 Å². The smallest absolute Gasteiger partial charge is 0.322 e. The number of urea groups is 1. The number of nitro benzene ring substituents is 1. The summed E-state index contributed by atoms with van der Waals surface area (Å²) in [5, 5.41) is 13.6. The third kappa shape index (κ3) is 4.76. The highest BCUT2D eigenvalue weighted by Crippen LogP contribution is 2.29. The summed E-state index contributed by atoms with van der Waals surface area (Å²) in [5.74, 6) is 0.0545. The minimum atomic E-state index is -0.496. The lowest BCUT2D eigenvalue weighted by Crippen LogP contribution is -2.55. The molecule has 1 N–H and O–H groups in total. The van der Waals surface area contributed by atoms with Crippen LogP contribution in [-0.2, 0) is 4.79 Å². The minimum absolute atomic E-state index is 0.0375. The van der Waals surface area contributed by atoms with Crippen LogP contribution in [0.5, 0.6) is 0 Å². The van der Waals surface area contributed by atoms with Crippen molar-refractivity contribution in [2.24, 2.45) is 5.41 Å². The Bertz CT molecular complexity index is 922. The standard InChI is InChI=1S/C22H26N4O4/c1-22(2,3)20(27)24-13-14-25(19(15-24)16-7-5-4-6-8-16)21(28)23-17-9-11-18(12-10-17)26(29)30/h4-12,19H,13-15H2,1-3H3,(H,23,28). The van der Waals surface area contributed by atoms with Crippen LogP contribution >= 0.6 is 0 Å². The first-order valence-corrected chi connectivity index (χ1v) is 9.83. The van der Waals surface area contributed by atoms with E-state index in [1.807, 2.05) is 56.0 Å². The molecule has 0 aromatic heterocycles. The first-order chi connectivity index (χ1) is 14.2. The molecule has 3 rings (SSSR count). The fraction of sp³-hybridized carbons (Fsp3) is 0.364. The van der Waals surface area contributed by atoms with Crippen molar-refractivity contribution >= 4 is 23.3 Å². The van der Waals surface area contributed by atoms with Crippen molar-refractivity contribution in [1.82, 2.24) is 9.80 Å². The van der Waals surface area contributed by atoms with Gasteiger partial charge in [0.2, 0.25) is 5.91 Å². The first-order valence-electron chi connectivity index (χ1n) is 9.83. The average Bonchev–Trinajstić information content (AvgIpc) is 2.73. The quantitative estimate of drug-likeness (QED) is 0.610. The maximum atomic E-state index is 13.0. The first kappa shape index (κ1) is 21.3. The van der Waals surface area contributed by atoms with E-state index < -0.39 is 10.3 Å². The molecular formula is C22H26N4O4. The summed E-state index contributed by atoms with van der Waals surface area (Å²) >= 11 is 0. The predicted octanol–water partition coefficient (Wildman–Crippen LogP) is 4.06. The maximum absolute atomic E-state index is 13.0. The normalized spacial score (nSPS) is 16.8. The molecule has 0 bridgehead atoms. The topological polar surface area (TPSA) is 95.8 Å². The van der Waals surface area contributed by atoms with Crippen LogP contribution in [0.15, 0.2) is 54.6 Å². The van der Waals surface area contributed by atoms with Gasteiger partial charge in [0.1, 0.15) is 0 Å². The van der Waals surface area contributed by atoms with Crippen LogP contribution in [0.3, 0.4) is 0 Å². The molecular weight excluding hydrogens is 384 g/mol. The number of nitro groups is 1. The van der Waals surface area contributed by atoms with Gasteiger partial charge in [-0.3, -0.25) is 14.9 Å². The number of anilines is 1. The summed E-state index contributed by atoms with van der Waals surface area (Å²) in [6.07, 6.45) is 0. The number of non-ortho nitro benzene ring substituents is 1. The third-order valence-electron chi connectivity index (χ3n) is 5.08. The van der Waals surface area contributed by atoms with Crippen LogP contribution in [0.4, 0.5) is 16.2 Å². The summed E-state index contributed by atoms with van der Waals surface area (Å²) in [5.41, 5.74) is 0.891. The molecule has 1 saturated heterocycles. The Labute approximate surface area is 175 Å². The van der Waals surface area contributed by atoms with Gasteiger partial charge in [0.25, 0.3) is 5.69 Å². The molecule has 1 fully saturated rings. The van der Waals surface area contributed by atoms with Crippen LogP contribution in [0, 0.1) is 15.5 Å². The molecule has 30 heavy (non-hydrogen) atoms.